The van der Waals surface area contributed by atoms with Crippen molar-refractivity contribution in [3.63, 3.8) is 0 Å². The number of rotatable bonds is 3. The second-order valence-electron chi connectivity index (χ2n) is 4.76. The SMILES string of the molecule is Cc1occc1CN(C)C(=O)c1sc2nnccc2c1N. The molecule has 7 heteroatoms. The van der Waals surface area contributed by atoms with Crippen LogP contribution in [0.1, 0.15) is 21.0 Å². The van der Waals surface area contributed by atoms with E-state index in [2.05, 4.69) is 10.2 Å². The van der Waals surface area contributed by atoms with Crippen LogP contribution < -0.4 is 5.73 Å². The van der Waals surface area contributed by atoms with Crippen LogP contribution in [0.25, 0.3) is 10.2 Å². The van der Waals surface area contributed by atoms with E-state index in [4.69, 9.17) is 10.2 Å². The van der Waals surface area contributed by atoms with Crippen molar-refractivity contribution in [1.82, 2.24) is 15.1 Å². The van der Waals surface area contributed by atoms with Crippen LogP contribution in [0.3, 0.4) is 0 Å². The summed E-state index contributed by atoms with van der Waals surface area (Å²) in [6, 6.07) is 3.63. The first-order valence-electron chi connectivity index (χ1n) is 6.36. The molecule has 1 amide bonds. The van der Waals surface area contributed by atoms with Gasteiger partial charge in [-0.05, 0) is 19.1 Å². The van der Waals surface area contributed by atoms with Crippen molar-refractivity contribution in [2.75, 3.05) is 12.8 Å². The van der Waals surface area contributed by atoms with Crippen LogP contribution in [0, 0.1) is 6.92 Å². The maximum Gasteiger partial charge on any atom is 0.266 e. The Kier molecular flexibility index (Phi) is 3.34. The Morgan fingerprint density at radius 3 is 2.95 bits per heavy atom. The van der Waals surface area contributed by atoms with E-state index in [-0.39, 0.29) is 5.91 Å². The summed E-state index contributed by atoms with van der Waals surface area (Å²) in [6.45, 7) is 2.34. The van der Waals surface area contributed by atoms with Crippen molar-refractivity contribution in [3.8, 4) is 0 Å². The van der Waals surface area contributed by atoms with Crippen LogP contribution in [0.4, 0.5) is 5.69 Å². The minimum absolute atomic E-state index is 0.129. The van der Waals surface area contributed by atoms with E-state index in [0.29, 0.717) is 21.9 Å². The second-order valence-corrected chi connectivity index (χ2v) is 5.76. The number of anilines is 1. The largest absolute Gasteiger partial charge is 0.469 e. The molecule has 0 unspecified atom stereocenters. The molecule has 3 aromatic rings. The van der Waals surface area contributed by atoms with Gasteiger partial charge in [-0.25, -0.2) is 0 Å². The van der Waals surface area contributed by atoms with Gasteiger partial charge in [0.15, 0.2) is 0 Å². The van der Waals surface area contributed by atoms with Crippen molar-refractivity contribution >= 4 is 33.1 Å². The zero-order valence-electron chi connectivity index (χ0n) is 11.7. The fourth-order valence-electron chi connectivity index (χ4n) is 2.11. The van der Waals surface area contributed by atoms with Crippen molar-refractivity contribution in [2.24, 2.45) is 0 Å². The normalized spacial score (nSPS) is 11.0. The van der Waals surface area contributed by atoms with E-state index < -0.39 is 0 Å². The average molecular weight is 302 g/mol. The first-order chi connectivity index (χ1) is 10.1. The highest BCUT2D eigenvalue weighted by Crippen LogP contribution is 2.32. The number of hydrogen-bond acceptors (Lipinski definition) is 6. The highest BCUT2D eigenvalue weighted by molar-refractivity contribution is 7.21. The first kappa shape index (κ1) is 13.6. The van der Waals surface area contributed by atoms with E-state index in [0.717, 1.165) is 16.7 Å². The highest BCUT2D eigenvalue weighted by atomic mass is 32.1. The lowest BCUT2D eigenvalue weighted by Crippen LogP contribution is -2.26. The van der Waals surface area contributed by atoms with Gasteiger partial charge >= 0.3 is 0 Å². The molecule has 0 spiro atoms. The molecule has 3 aromatic heterocycles. The van der Waals surface area contributed by atoms with Gasteiger partial charge in [-0.1, -0.05) is 0 Å². The Morgan fingerprint density at radius 2 is 2.29 bits per heavy atom. The van der Waals surface area contributed by atoms with E-state index in [1.807, 2.05) is 13.0 Å². The highest BCUT2D eigenvalue weighted by Gasteiger charge is 2.21. The number of thiophene rings is 1. The molecule has 6 nitrogen and oxygen atoms in total. The number of carbonyl (C=O) groups excluding carboxylic acids is 1. The van der Waals surface area contributed by atoms with Crippen molar-refractivity contribution in [1.29, 1.82) is 0 Å². The quantitative estimate of drug-likeness (QED) is 0.803. The molecular formula is C14H14N4O2S. The summed E-state index contributed by atoms with van der Waals surface area (Å²) in [5, 5.41) is 8.58. The molecule has 0 radical (unpaired) electrons. The molecule has 0 fully saturated rings. The number of aromatic nitrogens is 2. The Balaban J connectivity index is 1.89. The standard InChI is InChI=1S/C14H14N4O2S/c1-8-9(4-6-20-8)7-18(2)14(19)12-11(15)10-3-5-16-17-13(10)21-12/h3-6H,7,15H2,1-2H3. The Morgan fingerprint density at radius 1 is 1.48 bits per heavy atom. The smallest absolute Gasteiger partial charge is 0.266 e. The van der Waals surface area contributed by atoms with Gasteiger partial charge in [-0.2, -0.15) is 5.10 Å². The lowest BCUT2D eigenvalue weighted by Gasteiger charge is -2.16. The van der Waals surface area contributed by atoms with Gasteiger partial charge in [0, 0.05) is 24.5 Å². The lowest BCUT2D eigenvalue weighted by atomic mass is 10.2. The Bertz CT molecular complexity index is 808. The monoisotopic (exact) mass is 302 g/mol. The summed E-state index contributed by atoms with van der Waals surface area (Å²) in [5.74, 6) is 0.681. The number of carbonyl (C=O) groups is 1. The maximum absolute atomic E-state index is 12.6. The molecule has 0 saturated heterocycles. The molecule has 0 aromatic carbocycles. The van der Waals surface area contributed by atoms with Crippen molar-refractivity contribution < 1.29 is 9.21 Å². The number of nitrogens with zero attached hydrogens (tertiary/aromatic N) is 3. The number of aryl methyl sites for hydroxylation is 1. The summed E-state index contributed by atoms with van der Waals surface area (Å²) in [7, 11) is 1.74. The van der Waals surface area contributed by atoms with E-state index >= 15 is 0 Å². The van der Waals surface area contributed by atoms with Gasteiger partial charge in [-0.3, -0.25) is 4.79 Å². The molecule has 0 aliphatic carbocycles. The van der Waals surface area contributed by atoms with Crippen LogP contribution in [-0.2, 0) is 6.54 Å². The van der Waals surface area contributed by atoms with Crippen molar-refractivity contribution in [2.45, 2.75) is 13.5 Å². The molecular weight excluding hydrogens is 288 g/mol. The predicted molar refractivity (Wildman–Crippen MR) is 81.1 cm³/mol. The van der Waals surface area contributed by atoms with Crippen LogP contribution in [0.5, 0.6) is 0 Å². The summed E-state index contributed by atoms with van der Waals surface area (Å²) in [4.78, 5) is 15.3. The summed E-state index contributed by atoms with van der Waals surface area (Å²) in [5.41, 5.74) is 7.50. The van der Waals surface area contributed by atoms with Gasteiger partial charge in [0.25, 0.3) is 5.91 Å². The summed E-state index contributed by atoms with van der Waals surface area (Å²) < 4.78 is 5.24. The third-order valence-corrected chi connectivity index (χ3v) is 4.43. The van der Waals surface area contributed by atoms with Crippen molar-refractivity contribution in [3.05, 3.63) is 40.8 Å². The average Bonchev–Trinajstić information content (AvgIpc) is 3.03. The number of fused-ring (bicyclic) bond motifs is 1. The fraction of sp³-hybridized carbons (Fsp3) is 0.214. The molecule has 0 atom stereocenters. The Labute approximate surface area is 125 Å². The zero-order chi connectivity index (χ0) is 15.0. The van der Waals surface area contributed by atoms with Crippen LogP contribution >= 0.6 is 11.3 Å². The van der Waals surface area contributed by atoms with Gasteiger partial charge in [0.1, 0.15) is 15.5 Å². The topological polar surface area (TPSA) is 85.2 Å². The fourth-order valence-corrected chi connectivity index (χ4v) is 3.14. The molecule has 3 rings (SSSR count). The summed E-state index contributed by atoms with van der Waals surface area (Å²) in [6.07, 6.45) is 3.19. The molecule has 108 valence electrons. The zero-order valence-corrected chi connectivity index (χ0v) is 12.5. The van der Waals surface area contributed by atoms with Crippen LogP contribution in [-0.4, -0.2) is 28.1 Å². The lowest BCUT2D eigenvalue weighted by molar-refractivity contribution is 0.0790. The number of amides is 1. The minimum atomic E-state index is -0.129. The molecule has 0 bridgehead atoms. The minimum Gasteiger partial charge on any atom is -0.469 e. The third kappa shape index (κ3) is 2.36. The molecule has 0 saturated carbocycles. The number of hydrogen-bond donors (Lipinski definition) is 1. The molecule has 21 heavy (non-hydrogen) atoms. The van der Waals surface area contributed by atoms with Gasteiger partial charge in [-0.15, -0.1) is 16.4 Å². The Hall–Kier alpha value is -2.41. The molecule has 0 aliphatic heterocycles. The van der Waals surface area contributed by atoms with Gasteiger partial charge < -0.3 is 15.1 Å². The van der Waals surface area contributed by atoms with Crippen LogP contribution in [0.15, 0.2) is 29.0 Å². The van der Waals surface area contributed by atoms with E-state index in [1.54, 1.807) is 30.5 Å². The maximum atomic E-state index is 12.6. The molecule has 3 heterocycles. The first-order valence-corrected chi connectivity index (χ1v) is 7.17. The predicted octanol–water partition coefficient (Wildman–Crippen LogP) is 2.45. The third-order valence-electron chi connectivity index (χ3n) is 3.34. The summed E-state index contributed by atoms with van der Waals surface area (Å²) >= 11 is 1.26. The number of nitrogen functional groups attached to an aromatic ring is 1. The second kappa shape index (κ2) is 5.17. The number of nitrogens with two attached hydrogens (primary N) is 1. The molecule has 0 aliphatic rings. The van der Waals surface area contributed by atoms with E-state index in [9.17, 15) is 4.79 Å². The van der Waals surface area contributed by atoms with E-state index in [1.165, 1.54) is 11.3 Å². The van der Waals surface area contributed by atoms with Crippen LogP contribution in [0.2, 0.25) is 0 Å². The molecule has 2 N–H and O–H groups in total. The number of furan rings is 1. The van der Waals surface area contributed by atoms with Gasteiger partial charge in [0.2, 0.25) is 0 Å². The van der Waals surface area contributed by atoms with Gasteiger partial charge in [0.05, 0.1) is 18.1 Å².